The number of aromatic nitrogens is 3. The van der Waals surface area contributed by atoms with E-state index >= 15 is 0 Å². The SMILES string of the molecule is c1ccc(-c2nc(-c3ccccc3-n3c4ccccc4c4ccccc43)cc(-c3ccc(-c4c5ccccc5cc5c4ccc4ccccc45)c4ccccc34)n2)cc1. The summed E-state index contributed by atoms with van der Waals surface area (Å²) >= 11 is 0. The van der Waals surface area contributed by atoms with E-state index < -0.39 is 0 Å². The second-order valence-electron chi connectivity index (χ2n) is 15.3. The number of hydrogen-bond donors (Lipinski definition) is 0. The molecule has 2 aromatic heterocycles. The predicted molar refractivity (Wildman–Crippen MR) is 248 cm³/mol. The summed E-state index contributed by atoms with van der Waals surface area (Å²) in [5.74, 6) is 0.690. The zero-order valence-corrected chi connectivity index (χ0v) is 32.0. The molecule has 59 heavy (non-hydrogen) atoms. The van der Waals surface area contributed by atoms with Crippen LogP contribution in [-0.2, 0) is 0 Å². The van der Waals surface area contributed by atoms with Crippen molar-refractivity contribution >= 4 is 64.9 Å². The first-order valence-corrected chi connectivity index (χ1v) is 20.2. The van der Waals surface area contributed by atoms with Gasteiger partial charge in [0.1, 0.15) is 0 Å². The summed E-state index contributed by atoms with van der Waals surface area (Å²) in [6, 6.07) is 76.3. The smallest absolute Gasteiger partial charge is 0.160 e. The van der Waals surface area contributed by atoms with Crippen molar-refractivity contribution in [3.05, 3.63) is 212 Å². The van der Waals surface area contributed by atoms with Crippen LogP contribution in [0.4, 0.5) is 0 Å². The van der Waals surface area contributed by atoms with Gasteiger partial charge in [-0.25, -0.2) is 9.97 Å². The van der Waals surface area contributed by atoms with Crippen LogP contribution in [0.3, 0.4) is 0 Å². The summed E-state index contributed by atoms with van der Waals surface area (Å²) in [6.07, 6.45) is 0. The maximum Gasteiger partial charge on any atom is 0.160 e. The summed E-state index contributed by atoms with van der Waals surface area (Å²) in [4.78, 5) is 10.7. The highest BCUT2D eigenvalue weighted by Crippen LogP contribution is 2.44. The lowest BCUT2D eigenvalue weighted by molar-refractivity contribution is 1.15. The van der Waals surface area contributed by atoms with Gasteiger partial charge < -0.3 is 4.57 Å². The number of benzene rings is 10. The van der Waals surface area contributed by atoms with E-state index in [0.717, 1.165) is 50.2 Å². The molecule has 12 rings (SSSR count). The third-order valence-corrected chi connectivity index (χ3v) is 12.0. The van der Waals surface area contributed by atoms with E-state index in [-0.39, 0.29) is 0 Å². The van der Waals surface area contributed by atoms with Crippen LogP contribution in [0.2, 0.25) is 0 Å². The minimum atomic E-state index is 0.690. The van der Waals surface area contributed by atoms with Gasteiger partial charge in [0.05, 0.1) is 28.1 Å². The van der Waals surface area contributed by atoms with Gasteiger partial charge in [0, 0.05) is 27.5 Å². The van der Waals surface area contributed by atoms with Crippen molar-refractivity contribution in [1.82, 2.24) is 14.5 Å². The Hall–Kier alpha value is -7.88. The molecule has 0 atom stereocenters. The van der Waals surface area contributed by atoms with Gasteiger partial charge in [-0.1, -0.05) is 182 Å². The van der Waals surface area contributed by atoms with Gasteiger partial charge in [0.15, 0.2) is 5.82 Å². The molecule has 0 aliphatic rings. The van der Waals surface area contributed by atoms with Crippen LogP contribution in [-0.4, -0.2) is 14.5 Å². The first-order valence-electron chi connectivity index (χ1n) is 20.2. The van der Waals surface area contributed by atoms with Crippen molar-refractivity contribution < 1.29 is 0 Å². The van der Waals surface area contributed by atoms with E-state index in [2.05, 4.69) is 211 Å². The quantitative estimate of drug-likeness (QED) is 0.130. The molecule has 3 heteroatoms. The molecule has 274 valence electrons. The van der Waals surface area contributed by atoms with Crippen LogP contribution in [0.15, 0.2) is 212 Å². The van der Waals surface area contributed by atoms with E-state index in [1.807, 2.05) is 6.07 Å². The van der Waals surface area contributed by atoms with Crippen LogP contribution < -0.4 is 0 Å². The lowest BCUT2D eigenvalue weighted by Crippen LogP contribution is -2.01. The first-order chi connectivity index (χ1) is 29.3. The van der Waals surface area contributed by atoms with Crippen molar-refractivity contribution in [3.8, 4) is 50.7 Å². The molecule has 0 radical (unpaired) electrons. The van der Waals surface area contributed by atoms with Gasteiger partial charge in [0.2, 0.25) is 0 Å². The molecule has 0 spiro atoms. The van der Waals surface area contributed by atoms with E-state index in [9.17, 15) is 0 Å². The molecule has 0 saturated heterocycles. The second-order valence-corrected chi connectivity index (χ2v) is 15.3. The topological polar surface area (TPSA) is 30.7 Å². The first kappa shape index (κ1) is 33.3. The third-order valence-electron chi connectivity index (χ3n) is 12.0. The average Bonchev–Trinajstić information content (AvgIpc) is 3.65. The molecule has 0 amide bonds. The maximum absolute atomic E-state index is 5.36. The summed E-state index contributed by atoms with van der Waals surface area (Å²) < 4.78 is 2.38. The maximum atomic E-state index is 5.36. The molecule has 3 nitrogen and oxygen atoms in total. The molecule has 10 aromatic carbocycles. The highest BCUT2D eigenvalue weighted by molar-refractivity contribution is 6.23. The lowest BCUT2D eigenvalue weighted by atomic mass is 9.86. The number of hydrogen-bond acceptors (Lipinski definition) is 2. The predicted octanol–water partition coefficient (Wildman–Crippen LogP) is 14.9. The molecule has 0 fully saturated rings. The monoisotopic (exact) mass is 749 g/mol. The van der Waals surface area contributed by atoms with E-state index in [1.165, 1.54) is 59.6 Å². The van der Waals surface area contributed by atoms with Gasteiger partial charge in [0.25, 0.3) is 0 Å². The van der Waals surface area contributed by atoms with Crippen LogP contribution in [0.1, 0.15) is 0 Å². The van der Waals surface area contributed by atoms with Gasteiger partial charge >= 0.3 is 0 Å². The normalized spacial score (nSPS) is 11.7. The molecule has 0 bridgehead atoms. The lowest BCUT2D eigenvalue weighted by Gasteiger charge is -2.18. The molecular weight excluding hydrogens is 715 g/mol. The van der Waals surface area contributed by atoms with Crippen molar-refractivity contribution in [2.45, 2.75) is 0 Å². The Balaban J connectivity index is 1.11. The fourth-order valence-electron chi connectivity index (χ4n) is 9.36. The zero-order valence-electron chi connectivity index (χ0n) is 32.0. The van der Waals surface area contributed by atoms with E-state index in [0.29, 0.717) is 5.82 Å². The van der Waals surface area contributed by atoms with Crippen LogP contribution >= 0.6 is 0 Å². The highest BCUT2D eigenvalue weighted by atomic mass is 15.0. The number of rotatable bonds is 5. The van der Waals surface area contributed by atoms with Crippen molar-refractivity contribution in [2.24, 2.45) is 0 Å². The molecule has 0 saturated carbocycles. The summed E-state index contributed by atoms with van der Waals surface area (Å²) in [6.45, 7) is 0. The minimum absolute atomic E-state index is 0.690. The number of fused-ring (bicyclic) bond motifs is 8. The van der Waals surface area contributed by atoms with Gasteiger partial charge in [-0.05, 0) is 84.5 Å². The van der Waals surface area contributed by atoms with Crippen molar-refractivity contribution in [3.63, 3.8) is 0 Å². The van der Waals surface area contributed by atoms with Crippen LogP contribution in [0.25, 0.3) is 116 Å². The molecular formula is C56H35N3. The highest BCUT2D eigenvalue weighted by Gasteiger charge is 2.20. The zero-order chi connectivity index (χ0) is 38.9. The Kier molecular flexibility index (Phi) is 7.54. The number of nitrogens with zero attached hydrogens (tertiary/aromatic N) is 3. The molecule has 12 aromatic rings. The molecule has 2 heterocycles. The van der Waals surface area contributed by atoms with E-state index in [1.54, 1.807) is 0 Å². The molecule has 0 aliphatic heterocycles. The summed E-state index contributed by atoms with van der Waals surface area (Å²) in [5, 5.41) is 12.3. The summed E-state index contributed by atoms with van der Waals surface area (Å²) in [5.41, 5.74) is 10.7. The largest absolute Gasteiger partial charge is 0.309 e. The fraction of sp³-hybridized carbons (Fsp3) is 0. The third kappa shape index (κ3) is 5.29. The second kappa shape index (κ2) is 13.4. The van der Waals surface area contributed by atoms with Gasteiger partial charge in [-0.15, -0.1) is 0 Å². The summed E-state index contributed by atoms with van der Waals surface area (Å²) in [7, 11) is 0. The Morgan fingerprint density at radius 2 is 0.847 bits per heavy atom. The van der Waals surface area contributed by atoms with Gasteiger partial charge in [-0.2, -0.15) is 0 Å². The fourth-order valence-corrected chi connectivity index (χ4v) is 9.36. The Bertz CT molecular complexity index is 3560. The average molecular weight is 750 g/mol. The van der Waals surface area contributed by atoms with Crippen molar-refractivity contribution in [1.29, 1.82) is 0 Å². The number of para-hydroxylation sites is 3. The van der Waals surface area contributed by atoms with E-state index in [4.69, 9.17) is 9.97 Å². The van der Waals surface area contributed by atoms with Crippen molar-refractivity contribution in [2.75, 3.05) is 0 Å². The van der Waals surface area contributed by atoms with Crippen LogP contribution in [0.5, 0.6) is 0 Å². The minimum Gasteiger partial charge on any atom is -0.309 e. The van der Waals surface area contributed by atoms with Crippen LogP contribution in [0, 0.1) is 0 Å². The molecule has 0 N–H and O–H groups in total. The Morgan fingerprint density at radius 1 is 0.305 bits per heavy atom. The Labute approximate surface area is 341 Å². The molecule has 0 aliphatic carbocycles. The Morgan fingerprint density at radius 3 is 1.59 bits per heavy atom. The van der Waals surface area contributed by atoms with Gasteiger partial charge in [-0.3, -0.25) is 0 Å². The molecule has 0 unspecified atom stereocenters. The standard InChI is InChI=1S/C56H35N3/c1-2-17-37(18-3-1)56-57-50(35-51(58-56)48-26-12-15-29-54(48)59-52-27-13-10-24-44(52)45-25-11-14-28-53(45)59)43-32-33-46(42-23-9-8-22-41(42)43)55-40-21-7-5-19-38(40)34-49-39-20-6-4-16-36(39)30-31-47(49)55/h1-35H.